The minimum atomic E-state index is -4.74. The van der Waals surface area contributed by atoms with E-state index < -0.39 is 29.3 Å². The fraction of sp³-hybridized carbons (Fsp3) is 0.370. The van der Waals surface area contributed by atoms with Crippen molar-refractivity contribution in [3.8, 4) is 0 Å². The van der Waals surface area contributed by atoms with Gasteiger partial charge in [0.1, 0.15) is 12.0 Å². The third kappa shape index (κ3) is 5.86. The van der Waals surface area contributed by atoms with Crippen LogP contribution < -0.4 is 5.32 Å². The summed E-state index contributed by atoms with van der Waals surface area (Å²) in [6, 6.07) is 12.2. The molecule has 0 bridgehead atoms. The summed E-state index contributed by atoms with van der Waals surface area (Å²) in [7, 11) is 0. The summed E-state index contributed by atoms with van der Waals surface area (Å²) in [4.78, 5) is 29.1. The Morgan fingerprint density at radius 2 is 1.86 bits per heavy atom. The molecular formula is C27H25ClF4N2O2. The SMILES string of the molecule is O=C1CCC(C(=O)NC[C@@](Cc2ccccc2)(C2=CC(C(F)(F)F)=CC(F)C2)c2ccc(Cl)cn2)C1. The molecular weight excluding hydrogens is 496 g/mol. The van der Waals surface area contributed by atoms with Gasteiger partial charge in [0, 0.05) is 37.9 Å². The van der Waals surface area contributed by atoms with Gasteiger partial charge in [-0.25, -0.2) is 4.39 Å². The van der Waals surface area contributed by atoms with E-state index in [1.54, 1.807) is 24.3 Å². The number of nitrogens with zero attached hydrogens (tertiary/aromatic N) is 1. The molecule has 2 aromatic rings. The Morgan fingerprint density at radius 3 is 2.47 bits per heavy atom. The first kappa shape index (κ1) is 26.1. The van der Waals surface area contributed by atoms with E-state index in [0.717, 1.165) is 11.6 Å². The molecule has 36 heavy (non-hydrogen) atoms. The first-order chi connectivity index (χ1) is 17.1. The van der Waals surface area contributed by atoms with Crippen molar-refractivity contribution in [1.82, 2.24) is 10.3 Å². The maximum Gasteiger partial charge on any atom is 0.416 e. The molecule has 4 rings (SSSR count). The summed E-state index contributed by atoms with van der Waals surface area (Å²) in [5.41, 5.74) is -1.06. The molecule has 0 radical (unpaired) electrons. The first-order valence-corrected chi connectivity index (χ1v) is 12.0. The van der Waals surface area contributed by atoms with E-state index in [0.29, 0.717) is 29.6 Å². The van der Waals surface area contributed by atoms with Gasteiger partial charge in [-0.2, -0.15) is 13.2 Å². The largest absolute Gasteiger partial charge is 0.416 e. The standard InChI is InChI=1S/C27H25ClF4N2O2/c28-21-7-9-24(33-15-21)26(14-17-4-2-1-3-5-17,16-34-25(36)18-6-8-23(35)10-18)19-11-20(27(30,31)32)13-22(29)12-19/h1-5,7,9,11,13,15,18,22H,6,8,10,12,14,16H2,(H,34,36)/t18?,22?,26-/m0/s1. The minimum absolute atomic E-state index is 0.000262. The maximum atomic E-state index is 14.8. The van der Waals surface area contributed by atoms with Crippen LogP contribution in [-0.2, 0) is 21.4 Å². The van der Waals surface area contributed by atoms with Gasteiger partial charge in [0.25, 0.3) is 0 Å². The van der Waals surface area contributed by atoms with Crippen molar-refractivity contribution in [3.63, 3.8) is 0 Å². The molecule has 190 valence electrons. The highest BCUT2D eigenvalue weighted by Crippen LogP contribution is 2.43. The molecule has 2 aliphatic carbocycles. The van der Waals surface area contributed by atoms with Gasteiger partial charge in [-0.1, -0.05) is 47.5 Å². The minimum Gasteiger partial charge on any atom is -0.355 e. The second-order valence-corrected chi connectivity index (χ2v) is 9.75. The number of amides is 1. The Labute approximate surface area is 211 Å². The van der Waals surface area contributed by atoms with Crippen molar-refractivity contribution in [2.45, 2.75) is 49.9 Å². The molecule has 1 amide bonds. The molecule has 0 saturated heterocycles. The average Bonchev–Trinajstić information content (AvgIpc) is 3.28. The maximum absolute atomic E-state index is 14.8. The van der Waals surface area contributed by atoms with Crippen LogP contribution in [0.3, 0.4) is 0 Å². The zero-order valence-electron chi connectivity index (χ0n) is 19.3. The molecule has 0 aliphatic heterocycles. The average molecular weight is 521 g/mol. The summed E-state index contributed by atoms with van der Waals surface area (Å²) >= 11 is 6.04. The van der Waals surface area contributed by atoms with E-state index in [1.165, 1.54) is 6.20 Å². The number of allylic oxidation sites excluding steroid dienone is 3. The van der Waals surface area contributed by atoms with Gasteiger partial charge >= 0.3 is 6.18 Å². The molecule has 1 fully saturated rings. The lowest BCUT2D eigenvalue weighted by Crippen LogP contribution is -2.47. The summed E-state index contributed by atoms with van der Waals surface area (Å²) in [5.74, 6) is -0.850. The predicted octanol–water partition coefficient (Wildman–Crippen LogP) is 5.86. The Bertz CT molecular complexity index is 1180. The molecule has 2 unspecified atom stereocenters. The van der Waals surface area contributed by atoms with Gasteiger partial charge in [0.05, 0.1) is 21.7 Å². The van der Waals surface area contributed by atoms with Crippen LogP contribution >= 0.6 is 11.6 Å². The van der Waals surface area contributed by atoms with E-state index in [9.17, 15) is 27.2 Å². The molecule has 4 nitrogen and oxygen atoms in total. The molecule has 1 N–H and O–H groups in total. The molecule has 1 saturated carbocycles. The van der Waals surface area contributed by atoms with E-state index in [4.69, 9.17) is 11.6 Å². The molecule has 1 aromatic heterocycles. The number of nitrogens with one attached hydrogen (secondary N) is 1. The second kappa shape index (κ2) is 10.5. The van der Waals surface area contributed by atoms with E-state index >= 15 is 0 Å². The van der Waals surface area contributed by atoms with Crippen LogP contribution in [0.1, 0.15) is 36.9 Å². The summed E-state index contributed by atoms with van der Waals surface area (Å²) in [5, 5.41) is 3.19. The van der Waals surface area contributed by atoms with Gasteiger partial charge in [-0.15, -0.1) is 0 Å². The number of pyridine rings is 1. The Balaban J connectivity index is 1.82. The molecule has 9 heteroatoms. The number of alkyl halides is 4. The quantitative estimate of drug-likeness (QED) is 0.465. The van der Waals surface area contributed by atoms with Crippen molar-refractivity contribution < 1.29 is 27.2 Å². The van der Waals surface area contributed by atoms with Gasteiger partial charge in [-0.3, -0.25) is 14.6 Å². The van der Waals surface area contributed by atoms with Crippen molar-refractivity contribution in [1.29, 1.82) is 0 Å². The Kier molecular flexibility index (Phi) is 7.64. The second-order valence-electron chi connectivity index (χ2n) is 9.31. The fourth-order valence-corrected chi connectivity index (χ4v) is 5.04. The molecule has 3 atom stereocenters. The number of hydrogen-bond donors (Lipinski definition) is 1. The lowest BCUT2D eigenvalue weighted by Gasteiger charge is -2.39. The fourth-order valence-electron chi connectivity index (χ4n) is 4.93. The number of benzene rings is 1. The highest BCUT2D eigenvalue weighted by Gasteiger charge is 2.44. The topological polar surface area (TPSA) is 59.1 Å². The molecule has 1 aromatic carbocycles. The molecule has 2 aliphatic rings. The van der Waals surface area contributed by atoms with Gasteiger partial charge in [0.15, 0.2) is 0 Å². The Hall–Kier alpha value is -3.00. The lowest BCUT2D eigenvalue weighted by atomic mass is 9.68. The number of carbonyl (C=O) groups excluding carboxylic acids is 2. The number of ketones is 1. The van der Waals surface area contributed by atoms with Crippen LogP contribution in [0.5, 0.6) is 0 Å². The normalized spacial score (nSPS) is 22.0. The van der Waals surface area contributed by atoms with Crippen LogP contribution in [0, 0.1) is 5.92 Å². The predicted molar refractivity (Wildman–Crippen MR) is 128 cm³/mol. The molecule has 1 heterocycles. The van der Waals surface area contributed by atoms with Gasteiger partial charge in [-0.05, 0) is 42.7 Å². The van der Waals surface area contributed by atoms with Crippen LogP contribution in [0.15, 0.2) is 72.0 Å². The highest BCUT2D eigenvalue weighted by atomic mass is 35.5. The number of carbonyl (C=O) groups is 2. The van der Waals surface area contributed by atoms with Crippen LogP contribution in [-0.4, -0.2) is 35.6 Å². The smallest absolute Gasteiger partial charge is 0.355 e. The molecule has 0 spiro atoms. The van der Waals surface area contributed by atoms with Crippen molar-refractivity contribution in [2.75, 3.05) is 6.54 Å². The van der Waals surface area contributed by atoms with Crippen molar-refractivity contribution in [3.05, 3.63) is 88.2 Å². The highest BCUT2D eigenvalue weighted by molar-refractivity contribution is 6.30. The zero-order valence-corrected chi connectivity index (χ0v) is 20.1. The van der Waals surface area contributed by atoms with E-state index in [1.807, 2.05) is 18.2 Å². The monoisotopic (exact) mass is 520 g/mol. The summed E-state index contributed by atoms with van der Waals surface area (Å²) in [6.07, 6.45) is -2.91. The number of hydrogen-bond acceptors (Lipinski definition) is 3. The zero-order chi connectivity index (χ0) is 25.9. The van der Waals surface area contributed by atoms with E-state index in [2.05, 4.69) is 10.3 Å². The first-order valence-electron chi connectivity index (χ1n) is 11.7. The van der Waals surface area contributed by atoms with Crippen molar-refractivity contribution in [2.24, 2.45) is 5.92 Å². The number of aromatic nitrogens is 1. The van der Waals surface area contributed by atoms with Crippen LogP contribution in [0.25, 0.3) is 0 Å². The van der Waals surface area contributed by atoms with Crippen LogP contribution in [0.4, 0.5) is 17.6 Å². The van der Waals surface area contributed by atoms with Gasteiger partial charge in [0.2, 0.25) is 5.91 Å². The summed E-state index contributed by atoms with van der Waals surface area (Å²) in [6.45, 7) is -0.121. The van der Waals surface area contributed by atoms with Crippen molar-refractivity contribution >= 4 is 23.3 Å². The Morgan fingerprint density at radius 1 is 1.11 bits per heavy atom. The third-order valence-electron chi connectivity index (χ3n) is 6.79. The lowest BCUT2D eigenvalue weighted by molar-refractivity contribution is -0.126. The van der Waals surface area contributed by atoms with E-state index in [-0.39, 0.29) is 43.1 Å². The number of Topliss-reactive ketones (excluding diaryl/α,β-unsaturated/α-hetero) is 1. The third-order valence-corrected chi connectivity index (χ3v) is 7.02. The van der Waals surface area contributed by atoms with Crippen LogP contribution in [0.2, 0.25) is 5.02 Å². The van der Waals surface area contributed by atoms with Gasteiger partial charge < -0.3 is 5.32 Å². The number of rotatable bonds is 7. The number of halogens is 5. The summed E-state index contributed by atoms with van der Waals surface area (Å²) < 4.78 is 55.9.